The van der Waals surface area contributed by atoms with E-state index in [1.54, 1.807) is 45.0 Å². The molecule has 0 bridgehead atoms. The third-order valence-corrected chi connectivity index (χ3v) is 3.15. The van der Waals surface area contributed by atoms with E-state index in [0.29, 0.717) is 17.5 Å². The van der Waals surface area contributed by atoms with Gasteiger partial charge >= 0.3 is 5.97 Å². The lowest BCUT2D eigenvalue weighted by Crippen LogP contribution is -2.23. The summed E-state index contributed by atoms with van der Waals surface area (Å²) in [5.74, 6) is -0.444. The SMILES string of the molecule is CC(C)(C)OC(=O)c1ccc(Nc2ccc(C=O)cc2[N+](=O)[O-])cc1. The van der Waals surface area contributed by atoms with Crippen LogP contribution in [0.3, 0.4) is 0 Å². The summed E-state index contributed by atoms with van der Waals surface area (Å²) >= 11 is 0. The minimum absolute atomic E-state index is 0.208. The van der Waals surface area contributed by atoms with Gasteiger partial charge in [-0.1, -0.05) is 0 Å². The standard InChI is InChI=1S/C18H18N2O5/c1-18(2,3)25-17(22)13-5-7-14(8-6-13)19-15-9-4-12(11-21)10-16(15)20(23)24/h4-11,19H,1-3H3. The van der Waals surface area contributed by atoms with Crippen molar-refractivity contribution in [2.75, 3.05) is 5.32 Å². The molecular formula is C18H18N2O5. The molecule has 7 heteroatoms. The van der Waals surface area contributed by atoms with Crippen LogP contribution in [0.1, 0.15) is 41.5 Å². The van der Waals surface area contributed by atoms with Gasteiger partial charge in [0.25, 0.3) is 5.69 Å². The summed E-state index contributed by atoms with van der Waals surface area (Å²) in [6.07, 6.45) is 0.548. The smallest absolute Gasteiger partial charge is 0.338 e. The van der Waals surface area contributed by atoms with Crippen molar-refractivity contribution in [3.8, 4) is 0 Å². The van der Waals surface area contributed by atoms with Crippen molar-refractivity contribution >= 4 is 29.3 Å². The third-order valence-electron chi connectivity index (χ3n) is 3.15. The van der Waals surface area contributed by atoms with Gasteiger partial charge in [0.15, 0.2) is 0 Å². The highest BCUT2D eigenvalue weighted by atomic mass is 16.6. The molecule has 1 N–H and O–H groups in total. The summed E-state index contributed by atoms with van der Waals surface area (Å²) in [7, 11) is 0. The van der Waals surface area contributed by atoms with Gasteiger partial charge in [0.2, 0.25) is 0 Å². The van der Waals surface area contributed by atoms with E-state index in [9.17, 15) is 19.7 Å². The fourth-order valence-electron chi connectivity index (χ4n) is 2.06. The van der Waals surface area contributed by atoms with E-state index < -0.39 is 16.5 Å². The van der Waals surface area contributed by atoms with Crippen LogP contribution >= 0.6 is 0 Å². The van der Waals surface area contributed by atoms with Gasteiger partial charge in [-0.25, -0.2) is 4.79 Å². The molecule has 0 amide bonds. The zero-order valence-corrected chi connectivity index (χ0v) is 14.1. The first-order valence-corrected chi connectivity index (χ1v) is 7.53. The Balaban J connectivity index is 2.20. The van der Waals surface area contributed by atoms with Gasteiger partial charge in [-0.2, -0.15) is 0 Å². The highest BCUT2D eigenvalue weighted by molar-refractivity contribution is 5.90. The molecular weight excluding hydrogens is 324 g/mol. The first-order chi connectivity index (χ1) is 11.7. The molecule has 0 fully saturated rings. The lowest BCUT2D eigenvalue weighted by molar-refractivity contribution is -0.383. The average molecular weight is 342 g/mol. The molecule has 2 rings (SSSR count). The van der Waals surface area contributed by atoms with Crippen LogP contribution in [0.25, 0.3) is 0 Å². The monoisotopic (exact) mass is 342 g/mol. The van der Waals surface area contributed by atoms with E-state index in [4.69, 9.17) is 4.74 Å². The van der Waals surface area contributed by atoms with Gasteiger partial charge < -0.3 is 10.1 Å². The summed E-state index contributed by atoms with van der Waals surface area (Å²) in [4.78, 5) is 33.3. The Kier molecular flexibility index (Phi) is 5.17. The first kappa shape index (κ1) is 18.1. The Hall–Kier alpha value is -3.22. The number of benzene rings is 2. The van der Waals surface area contributed by atoms with E-state index in [-0.39, 0.29) is 16.9 Å². The van der Waals surface area contributed by atoms with Gasteiger partial charge in [-0.05, 0) is 57.2 Å². The molecule has 0 heterocycles. The van der Waals surface area contributed by atoms with Crippen molar-refractivity contribution in [2.45, 2.75) is 26.4 Å². The van der Waals surface area contributed by atoms with Crippen LogP contribution in [0.4, 0.5) is 17.1 Å². The minimum atomic E-state index is -0.588. The van der Waals surface area contributed by atoms with Crippen LogP contribution < -0.4 is 5.32 Å². The maximum atomic E-state index is 12.0. The number of nitro benzene ring substituents is 1. The Bertz CT molecular complexity index is 807. The second-order valence-corrected chi connectivity index (χ2v) is 6.36. The van der Waals surface area contributed by atoms with E-state index in [0.717, 1.165) is 0 Å². The summed E-state index contributed by atoms with van der Waals surface area (Å²) in [6, 6.07) is 10.5. The zero-order valence-electron chi connectivity index (χ0n) is 14.1. The molecule has 25 heavy (non-hydrogen) atoms. The Morgan fingerprint density at radius 2 is 1.80 bits per heavy atom. The summed E-state index contributed by atoms with van der Waals surface area (Å²) in [6.45, 7) is 5.34. The van der Waals surface area contributed by atoms with Crippen molar-refractivity contribution in [3.05, 3.63) is 63.7 Å². The topological polar surface area (TPSA) is 98.5 Å². The van der Waals surface area contributed by atoms with Crippen molar-refractivity contribution in [1.29, 1.82) is 0 Å². The van der Waals surface area contributed by atoms with Crippen LogP contribution in [-0.2, 0) is 4.74 Å². The molecule has 0 unspecified atom stereocenters. The number of rotatable bonds is 5. The molecule has 0 aromatic heterocycles. The van der Waals surface area contributed by atoms with Crippen molar-refractivity contribution in [3.63, 3.8) is 0 Å². The molecule has 2 aromatic rings. The number of aldehydes is 1. The molecule has 2 aromatic carbocycles. The molecule has 0 radical (unpaired) electrons. The Morgan fingerprint density at radius 1 is 1.16 bits per heavy atom. The summed E-state index contributed by atoms with van der Waals surface area (Å²) in [5.41, 5.74) is 0.620. The van der Waals surface area contributed by atoms with Gasteiger partial charge in [0, 0.05) is 17.3 Å². The van der Waals surface area contributed by atoms with Crippen molar-refractivity contribution in [2.24, 2.45) is 0 Å². The summed E-state index contributed by atoms with van der Waals surface area (Å²) in [5, 5.41) is 14.1. The molecule has 0 aliphatic carbocycles. The Labute approximate surface area is 144 Å². The molecule has 0 atom stereocenters. The predicted molar refractivity (Wildman–Crippen MR) is 93.4 cm³/mol. The third kappa shape index (κ3) is 4.87. The minimum Gasteiger partial charge on any atom is -0.456 e. The van der Waals surface area contributed by atoms with Gasteiger partial charge in [-0.3, -0.25) is 14.9 Å². The maximum Gasteiger partial charge on any atom is 0.338 e. The van der Waals surface area contributed by atoms with Crippen LogP contribution in [0, 0.1) is 10.1 Å². The molecule has 7 nitrogen and oxygen atoms in total. The van der Waals surface area contributed by atoms with Crippen molar-refractivity contribution in [1.82, 2.24) is 0 Å². The van der Waals surface area contributed by atoms with E-state index in [1.807, 2.05) is 0 Å². The van der Waals surface area contributed by atoms with E-state index >= 15 is 0 Å². The quantitative estimate of drug-likeness (QED) is 0.380. The molecule has 0 aliphatic heterocycles. The maximum absolute atomic E-state index is 12.0. The average Bonchev–Trinajstić information content (AvgIpc) is 2.54. The molecule has 0 saturated heterocycles. The number of hydrogen-bond donors (Lipinski definition) is 1. The van der Waals surface area contributed by atoms with Gasteiger partial charge in [0.05, 0.1) is 10.5 Å². The molecule has 0 saturated carbocycles. The highest BCUT2D eigenvalue weighted by Crippen LogP contribution is 2.28. The normalized spacial score (nSPS) is 10.8. The fourth-order valence-corrected chi connectivity index (χ4v) is 2.06. The number of esters is 1. The van der Waals surface area contributed by atoms with E-state index in [1.165, 1.54) is 18.2 Å². The second kappa shape index (κ2) is 7.12. The zero-order chi connectivity index (χ0) is 18.6. The largest absolute Gasteiger partial charge is 0.456 e. The van der Waals surface area contributed by atoms with Crippen molar-refractivity contribution < 1.29 is 19.2 Å². The fraction of sp³-hybridized carbons (Fsp3) is 0.222. The number of nitrogens with one attached hydrogen (secondary N) is 1. The number of ether oxygens (including phenoxy) is 1. The molecule has 130 valence electrons. The number of anilines is 2. The molecule has 0 aliphatic rings. The number of nitro groups is 1. The number of hydrogen-bond acceptors (Lipinski definition) is 6. The number of carbonyl (C=O) groups is 2. The van der Waals surface area contributed by atoms with Crippen LogP contribution in [0.15, 0.2) is 42.5 Å². The lowest BCUT2D eigenvalue weighted by atomic mass is 10.1. The summed E-state index contributed by atoms with van der Waals surface area (Å²) < 4.78 is 5.28. The Morgan fingerprint density at radius 3 is 2.32 bits per heavy atom. The number of carbonyl (C=O) groups excluding carboxylic acids is 2. The predicted octanol–water partition coefficient (Wildman–Crippen LogP) is 4.11. The van der Waals surface area contributed by atoms with Crippen LogP contribution in [0.2, 0.25) is 0 Å². The second-order valence-electron chi connectivity index (χ2n) is 6.36. The first-order valence-electron chi connectivity index (χ1n) is 7.53. The van der Waals surface area contributed by atoms with Gasteiger partial charge in [-0.15, -0.1) is 0 Å². The van der Waals surface area contributed by atoms with E-state index in [2.05, 4.69) is 5.32 Å². The lowest BCUT2D eigenvalue weighted by Gasteiger charge is -2.19. The van der Waals surface area contributed by atoms with Gasteiger partial charge in [0.1, 0.15) is 17.6 Å². The number of nitrogens with zero attached hydrogens (tertiary/aromatic N) is 1. The van der Waals surface area contributed by atoms with Crippen LogP contribution in [0.5, 0.6) is 0 Å². The highest BCUT2D eigenvalue weighted by Gasteiger charge is 2.18. The molecule has 0 spiro atoms. The van der Waals surface area contributed by atoms with Crippen LogP contribution in [-0.4, -0.2) is 22.8 Å².